The zero-order valence-electron chi connectivity index (χ0n) is 8.03. The van der Waals surface area contributed by atoms with Gasteiger partial charge in [0, 0.05) is 5.39 Å². The minimum atomic E-state index is 1.03. The lowest BCUT2D eigenvalue weighted by atomic mass is 10.0. The summed E-state index contributed by atoms with van der Waals surface area (Å²) in [4.78, 5) is 0. The van der Waals surface area contributed by atoms with E-state index in [1.807, 2.05) is 6.07 Å². The summed E-state index contributed by atoms with van der Waals surface area (Å²) < 4.78 is 5.40. The molecule has 4 rings (SSSR count). The molecule has 0 radical (unpaired) electrons. The molecule has 0 unspecified atom stereocenters. The Morgan fingerprint density at radius 3 is 2.40 bits per heavy atom. The minimum Gasteiger partial charge on any atom is -0.449 e. The maximum atomic E-state index is 5.40. The standard InChI is InChI=1S/C14H8O/c1-2-4-10-8-12-11(7-9(10)3-1)5-6-13-14(12)15-13/h1-8H. The lowest BCUT2D eigenvalue weighted by Gasteiger charge is -1.99. The van der Waals surface area contributed by atoms with Crippen LogP contribution in [0.5, 0.6) is 11.5 Å². The molecule has 1 aliphatic rings. The van der Waals surface area contributed by atoms with Crippen LogP contribution in [0, 0.1) is 0 Å². The first-order valence-electron chi connectivity index (χ1n) is 5.05. The van der Waals surface area contributed by atoms with Gasteiger partial charge in [0.2, 0.25) is 0 Å². The molecule has 1 nitrogen and oxygen atoms in total. The highest BCUT2D eigenvalue weighted by Crippen LogP contribution is 2.50. The first-order valence-corrected chi connectivity index (χ1v) is 5.05. The van der Waals surface area contributed by atoms with Crippen molar-refractivity contribution in [3.8, 4) is 11.5 Å². The number of ether oxygens (including phenoxy) is 1. The normalized spacial score (nSPS) is 12.5. The quantitative estimate of drug-likeness (QED) is 0.302. The molecule has 15 heavy (non-hydrogen) atoms. The molecule has 3 aromatic carbocycles. The highest BCUT2D eigenvalue weighted by Gasteiger charge is 2.22. The smallest absolute Gasteiger partial charge is 0.177 e. The van der Waals surface area contributed by atoms with Crippen molar-refractivity contribution in [2.75, 3.05) is 0 Å². The first kappa shape index (κ1) is 7.30. The molecular formula is C14H8O. The van der Waals surface area contributed by atoms with Crippen LogP contribution in [-0.2, 0) is 0 Å². The Hall–Kier alpha value is -2.02. The van der Waals surface area contributed by atoms with Crippen LogP contribution in [0.3, 0.4) is 0 Å². The summed E-state index contributed by atoms with van der Waals surface area (Å²) in [5.41, 5.74) is 0. The van der Waals surface area contributed by atoms with E-state index in [-0.39, 0.29) is 0 Å². The Bertz CT molecular complexity index is 698. The molecule has 0 amide bonds. The molecule has 0 saturated carbocycles. The molecule has 0 fully saturated rings. The average molecular weight is 192 g/mol. The first-order chi connectivity index (χ1) is 7.42. The molecular weight excluding hydrogens is 184 g/mol. The van der Waals surface area contributed by atoms with E-state index in [1.165, 1.54) is 21.5 Å². The SMILES string of the molecule is c1ccc2cc3c4c(ccc3cc2c1)O4. The van der Waals surface area contributed by atoms with E-state index in [0.717, 1.165) is 11.5 Å². The Kier molecular flexibility index (Phi) is 1.13. The monoisotopic (exact) mass is 192 g/mol. The third-order valence-corrected chi connectivity index (χ3v) is 2.97. The molecule has 0 bridgehead atoms. The van der Waals surface area contributed by atoms with Crippen LogP contribution in [0.2, 0.25) is 0 Å². The molecule has 0 atom stereocenters. The predicted molar refractivity (Wildman–Crippen MR) is 61.5 cm³/mol. The lowest BCUT2D eigenvalue weighted by molar-refractivity contribution is 0.653. The number of benzene rings is 3. The zero-order valence-corrected chi connectivity index (χ0v) is 8.03. The van der Waals surface area contributed by atoms with Crippen LogP contribution in [0.25, 0.3) is 21.5 Å². The Morgan fingerprint density at radius 1 is 0.733 bits per heavy atom. The second-order valence-electron chi connectivity index (χ2n) is 3.92. The van der Waals surface area contributed by atoms with Crippen LogP contribution < -0.4 is 4.74 Å². The van der Waals surface area contributed by atoms with Gasteiger partial charge in [-0.05, 0) is 34.4 Å². The maximum Gasteiger partial charge on any atom is 0.177 e. The summed E-state index contributed by atoms with van der Waals surface area (Å²) in [7, 11) is 0. The molecule has 1 heteroatoms. The van der Waals surface area contributed by atoms with E-state index in [4.69, 9.17) is 4.74 Å². The number of fused-ring (bicyclic) bond motifs is 4. The predicted octanol–water partition coefficient (Wildman–Crippen LogP) is 4.10. The van der Waals surface area contributed by atoms with Gasteiger partial charge in [-0.3, -0.25) is 0 Å². The third-order valence-electron chi connectivity index (χ3n) is 2.97. The van der Waals surface area contributed by atoms with Crippen molar-refractivity contribution in [2.45, 2.75) is 0 Å². The Labute approximate surface area is 86.9 Å². The van der Waals surface area contributed by atoms with Gasteiger partial charge in [0.1, 0.15) is 0 Å². The van der Waals surface area contributed by atoms with Crippen molar-refractivity contribution >= 4 is 21.5 Å². The zero-order chi connectivity index (χ0) is 9.83. The molecule has 0 N–H and O–H groups in total. The van der Waals surface area contributed by atoms with Gasteiger partial charge < -0.3 is 4.74 Å². The van der Waals surface area contributed by atoms with E-state index < -0.39 is 0 Å². The minimum absolute atomic E-state index is 1.03. The number of rotatable bonds is 0. The van der Waals surface area contributed by atoms with E-state index in [2.05, 4.69) is 42.5 Å². The van der Waals surface area contributed by atoms with Crippen LogP contribution in [0.1, 0.15) is 0 Å². The molecule has 1 aliphatic heterocycles. The molecule has 0 spiro atoms. The number of hydrogen-bond acceptors (Lipinski definition) is 1. The summed E-state index contributed by atoms with van der Waals surface area (Å²) in [6.07, 6.45) is 0. The second-order valence-corrected chi connectivity index (χ2v) is 3.92. The van der Waals surface area contributed by atoms with Crippen LogP contribution >= 0.6 is 0 Å². The van der Waals surface area contributed by atoms with Gasteiger partial charge >= 0.3 is 0 Å². The summed E-state index contributed by atoms with van der Waals surface area (Å²) in [5, 5.41) is 5.04. The molecule has 0 aliphatic carbocycles. The molecule has 70 valence electrons. The highest BCUT2D eigenvalue weighted by atomic mass is 16.6. The van der Waals surface area contributed by atoms with Crippen molar-refractivity contribution in [3.63, 3.8) is 0 Å². The van der Waals surface area contributed by atoms with Gasteiger partial charge in [0.25, 0.3) is 0 Å². The van der Waals surface area contributed by atoms with Gasteiger partial charge in [-0.1, -0.05) is 30.3 Å². The van der Waals surface area contributed by atoms with Crippen molar-refractivity contribution in [3.05, 3.63) is 48.5 Å². The molecule has 0 aromatic heterocycles. The van der Waals surface area contributed by atoms with E-state index in [9.17, 15) is 0 Å². The fourth-order valence-electron chi connectivity index (χ4n) is 2.14. The largest absolute Gasteiger partial charge is 0.449 e. The fourth-order valence-corrected chi connectivity index (χ4v) is 2.14. The average Bonchev–Trinajstić information content (AvgIpc) is 3.06. The van der Waals surface area contributed by atoms with Crippen molar-refractivity contribution in [1.82, 2.24) is 0 Å². The van der Waals surface area contributed by atoms with Gasteiger partial charge in [-0.25, -0.2) is 0 Å². The van der Waals surface area contributed by atoms with E-state index >= 15 is 0 Å². The van der Waals surface area contributed by atoms with E-state index in [0.29, 0.717) is 0 Å². The molecule has 1 heterocycles. The topological polar surface area (TPSA) is 12.5 Å². The van der Waals surface area contributed by atoms with Gasteiger partial charge in [0.15, 0.2) is 11.5 Å². The van der Waals surface area contributed by atoms with Gasteiger partial charge in [-0.2, -0.15) is 0 Å². The second kappa shape index (κ2) is 2.31. The van der Waals surface area contributed by atoms with Crippen molar-refractivity contribution in [1.29, 1.82) is 0 Å². The van der Waals surface area contributed by atoms with Crippen LogP contribution in [0.4, 0.5) is 0 Å². The Balaban J connectivity index is 2.25. The molecule has 3 aromatic rings. The highest BCUT2D eigenvalue weighted by molar-refractivity contribution is 6.03. The van der Waals surface area contributed by atoms with Gasteiger partial charge in [-0.15, -0.1) is 0 Å². The van der Waals surface area contributed by atoms with Crippen molar-refractivity contribution in [2.24, 2.45) is 0 Å². The Morgan fingerprint density at radius 2 is 1.53 bits per heavy atom. The summed E-state index contributed by atoms with van der Waals surface area (Å²) in [5.74, 6) is 2.08. The fraction of sp³-hybridized carbons (Fsp3) is 0. The van der Waals surface area contributed by atoms with Crippen LogP contribution in [-0.4, -0.2) is 0 Å². The lowest BCUT2D eigenvalue weighted by Crippen LogP contribution is -1.72. The van der Waals surface area contributed by atoms with E-state index in [1.54, 1.807) is 0 Å². The summed E-state index contributed by atoms with van der Waals surface area (Å²) in [6, 6.07) is 17.0. The molecule has 0 saturated heterocycles. The third kappa shape index (κ3) is 0.922. The maximum absolute atomic E-state index is 5.40. The number of hydrogen-bond donors (Lipinski definition) is 0. The summed E-state index contributed by atoms with van der Waals surface area (Å²) in [6.45, 7) is 0. The summed E-state index contributed by atoms with van der Waals surface area (Å²) >= 11 is 0. The van der Waals surface area contributed by atoms with Crippen LogP contribution in [0.15, 0.2) is 48.5 Å². The van der Waals surface area contributed by atoms with Gasteiger partial charge in [0.05, 0.1) is 0 Å². The van der Waals surface area contributed by atoms with Crippen molar-refractivity contribution < 1.29 is 4.74 Å².